The lowest BCUT2D eigenvalue weighted by Gasteiger charge is -2.22. The van der Waals surface area contributed by atoms with Crippen molar-refractivity contribution in [2.24, 2.45) is 0 Å². The van der Waals surface area contributed by atoms with Crippen LogP contribution in [-0.2, 0) is 21.3 Å². The van der Waals surface area contributed by atoms with Crippen molar-refractivity contribution in [1.29, 1.82) is 0 Å². The van der Waals surface area contributed by atoms with Crippen LogP contribution in [-0.4, -0.2) is 34.2 Å². The Kier molecular flexibility index (Phi) is 5.80. The van der Waals surface area contributed by atoms with Crippen molar-refractivity contribution in [2.75, 3.05) is 19.8 Å². The van der Waals surface area contributed by atoms with Crippen molar-refractivity contribution in [3.8, 4) is 0 Å². The Bertz CT molecular complexity index is 547. The highest BCUT2D eigenvalue weighted by molar-refractivity contribution is 7.89. The summed E-state index contributed by atoms with van der Waals surface area (Å²) in [6.45, 7) is 6.30. The van der Waals surface area contributed by atoms with E-state index in [1.165, 1.54) is 0 Å². The van der Waals surface area contributed by atoms with Crippen LogP contribution in [0.15, 0.2) is 15.4 Å². The molecule has 0 saturated carbocycles. The maximum Gasteiger partial charge on any atom is 0.244 e. The van der Waals surface area contributed by atoms with Crippen LogP contribution in [0.5, 0.6) is 0 Å². The molecule has 2 heterocycles. The van der Waals surface area contributed by atoms with Crippen LogP contribution < -0.4 is 10.0 Å². The molecular formula is C14H24N2O4S. The summed E-state index contributed by atoms with van der Waals surface area (Å²) in [5.41, 5.74) is 0. The van der Waals surface area contributed by atoms with Crippen molar-refractivity contribution in [3.63, 3.8) is 0 Å². The summed E-state index contributed by atoms with van der Waals surface area (Å²) < 4.78 is 38.4. The first-order valence-corrected chi connectivity index (χ1v) is 8.91. The lowest BCUT2D eigenvalue weighted by atomic mass is 10.1. The largest absolute Gasteiger partial charge is 0.464 e. The maximum absolute atomic E-state index is 12.4. The molecule has 2 N–H and O–H groups in total. The molecule has 0 amide bonds. The van der Waals surface area contributed by atoms with Crippen molar-refractivity contribution >= 4 is 10.0 Å². The monoisotopic (exact) mass is 316 g/mol. The number of aryl methyl sites for hydroxylation is 1. The topological polar surface area (TPSA) is 80.6 Å². The fourth-order valence-electron chi connectivity index (χ4n) is 2.38. The molecule has 21 heavy (non-hydrogen) atoms. The minimum Gasteiger partial charge on any atom is -0.464 e. The Balaban J connectivity index is 2.04. The molecule has 0 spiro atoms. The normalized spacial score (nSPS) is 19.8. The molecule has 1 aromatic heterocycles. The first kappa shape index (κ1) is 16.5. The van der Waals surface area contributed by atoms with E-state index in [9.17, 15) is 8.42 Å². The fraction of sp³-hybridized carbons (Fsp3) is 0.714. The van der Waals surface area contributed by atoms with Gasteiger partial charge < -0.3 is 14.5 Å². The predicted molar refractivity (Wildman–Crippen MR) is 79.6 cm³/mol. The third-order valence-electron chi connectivity index (χ3n) is 3.42. The van der Waals surface area contributed by atoms with Gasteiger partial charge in [0.25, 0.3) is 0 Å². The third kappa shape index (κ3) is 4.54. The molecule has 1 atom stereocenters. The Morgan fingerprint density at radius 1 is 1.43 bits per heavy atom. The van der Waals surface area contributed by atoms with Crippen molar-refractivity contribution in [2.45, 2.75) is 50.6 Å². The first-order chi connectivity index (χ1) is 10.0. The maximum atomic E-state index is 12.4. The zero-order valence-electron chi connectivity index (χ0n) is 12.6. The van der Waals surface area contributed by atoms with Crippen LogP contribution in [0.2, 0.25) is 0 Å². The molecule has 7 heteroatoms. The standard InChI is InChI=1S/C14H24N2O4S/c1-3-6-15-9-13-8-14(11(2)20-13)21(17,18)16-12-5-4-7-19-10-12/h8,12,15-16H,3-7,9-10H2,1-2H3. The van der Waals surface area contributed by atoms with Gasteiger partial charge in [-0.3, -0.25) is 0 Å². The number of hydrogen-bond acceptors (Lipinski definition) is 5. The Labute approximate surface area is 126 Å². The summed E-state index contributed by atoms with van der Waals surface area (Å²) in [6.07, 6.45) is 2.71. The van der Waals surface area contributed by atoms with Gasteiger partial charge in [-0.15, -0.1) is 0 Å². The predicted octanol–water partition coefficient (Wildman–Crippen LogP) is 1.54. The summed E-state index contributed by atoms with van der Waals surface area (Å²) in [5.74, 6) is 1.06. The number of nitrogens with one attached hydrogen (secondary N) is 2. The van der Waals surface area contributed by atoms with E-state index in [1.54, 1.807) is 13.0 Å². The fourth-order valence-corrected chi connectivity index (χ4v) is 3.84. The second-order valence-electron chi connectivity index (χ2n) is 5.35. The highest BCUT2D eigenvalue weighted by Gasteiger charge is 2.26. The first-order valence-electron chi connectivity index (χ1n) is 7.43. The van der Waals surface area contributed by atoms with Crippen molar-refractivity contribution in [1.82, 2.24) is 10.0 Å². The molecule has 0 aromatic carbocycles. The van der Waals surface area contributed by atoms with Gasteiger partial charge in [0.15, 0.2) is 0 Å². The molecule has 2 rings (SSSR count). The molecule has 1 aromatic rings. The van der Waals surface area contributed by atoms with E-state index in [0.29, 0.717) is 31.3 Å². The molecule has 1 fully saturated rings. The Morgan fingerprint density at radius 3 is 2.90 bits per heavy atom. The van der Waals surface area contributed by atoms with E-state index in [-0.39, 0.29) is 10.9 Å². The summed E-state index contributed by atoms with van der Waals surface area (Å²) in [5, 5.41) is 3.20. The van der Waals surface area contributed by atoms with Gasteiger partial charge >= 0.3 is 0 Å². The van der Waals surface area contributed by atoms with Crippen LogP contribution in [0.4, 0.5) is 0 Å². The van der Waals surface area contributed by atoms with Gasteiger partial charge in [-0.05, 0) is 32.7 Å². The second kappa shape index (κ2) is 7.40. The minimum absolute atomic E-state index is 0.153. The number of furan rings is 1. The third-order valence-corrected chi connectivity index (χ3v) is 5.05. The molecule has 1 aliphatic heterocycles. The van der Waals surface area contributed by atoms with E-state index in [0.717, 1.165) is 25.8 Å². The zero-order valence-corrected chi connectivity index (χ0v) is 13.5. The van der Waals surface area contributed by atoms with E-state index in [2.05, 4.69) is 17.0 Å². The van der Waals surface area contributed by atoms with E-state index in [1.807, 2.05) is 0 Å². The molecule has 0 aliphatic carbocycles. The smallest absolute Gasteiger partial charge is 0.244 e. The highest BCUT2D eigenvalue weighted by Crippen LogP contribution is 2.21. The quantitative estimate of drug-likeness (QED) is 0.746. The average Bonchev–Trinajstić information content (AvgIpc) is 2.82. The molecular weight excluding hydrogens is 292 g/mol. The van der Waals surface area contributed by atoms with Crippen LogP contribution in [0.1, 0.15) is 37.7 Å². The van der Waals surface area contributed by atoms with Crippen LogP contribution in [0.3, 0.4) is 0 Å². The molecule has 1 saturated heterocycles. The molecule has 1 aliphatic rings. The Morgan fingerprint density at radius 2 is 2.24 bits per heavy atom. The van der Waals surface area contributed by atoms with Gasteiger partial charge in [0.1, 0.15) is 16.4 Å². The minimum atomic E-state index is -3.55. The second-order valence-corrected chi connectivity index (χ2v) is 7.03. The van der Waals surface area contributed by atoms with Crippen LogP contribution >= 0.6 is 0 Å². The SMILES string of the molecule is CCCNCc1cc(S(=O)(=O)NC2CCCOC2)c(C)o1. The number of hydrogen-bond donors (Lipinski definition) is 2. The van der Waals surface area contributed by atoms with E-state index in [4.69, 9.17) is 9.15 Å². The molecule has 0 radical (unpaired) electrons. The molecule has 0 bridgehead atoms. The van der Waals surface area contributed by atoms with Crippen LogP contribution in [0.25, 0.3) is 0 Å². The van der Waals surface area contributed by atoms with Gasteiger partial charge in [0, 0.05) is 18.7 Å². The zero-order chi connectivity index (χ0) is 15.3. The van der Waals surface area contributed by atoms with Crippen molar-refractivity contribution in [3.05, 3.63) is 17.6 Å². The summed E-state index contributed by atoms with van der Waals surface area (Å²) in [6, 6.07) is 1.45. The summed E-state index contributed by atoms with van der Waals surface area (Å²) in [7, 11) is -3.55. The van der Waals surface area contributed by atoms with Gasteiger partial charge in [0.2, 0.25) is 10.0 Å². The lowest BCUT2D eigenvalue weighted by Crippen LogP contribution is -2.40. The number of sulfonamides is 1. The highest BCUT2D eigenvalue weighted by atomic mass is 32.2. The van der Waals surface area contributed by atoms with Gasteiger partial charge in [0.05, 0.1) is 13.2 Å². The van der Waals surface area contributed by atoms with E-state index >= 15 is 0 Å². The molecule has 1 unspecified atom stereocenters. The lowest BCUT2D eigenvalue weighted by molar-refractivity contribution is 0.0774. The van der Waals surface area contributed by atoms with E-state index < -0.39 is 10.0 Å². The summed E-state index contributed by atoms with van der Waals surface area (Å²) in [4.78, 5) is 0.223. The molecule has 6 nitrogen and oxygen atoms in total. The summed E-state index contributed by atoms with van der Waals surface area (Å²) >= 11 is 0. The number of rotatable bonds is 7. The number of ether oxygens (including phenoxy) is 1. The molecule has 120 valence electrons. The van der Waals surface area contributed by atoms with Crippen LogP contribution in [0, 0.1) is 6.92 Å². The van der Waals surface area contributed by atoms with Gasteiger partial charge in [-0.2, -0.15) is 0 Å². The average molecular weight is 316 g/mol. The van der Waals surface area contributed by atoms with Gasteiger partial charge in [-0.25, -0.2) is 13.1 Å². The van der Waals surface area contributed by atoms with Gasteiger partial charge in [-0.1, -0.05) is 6.92 Å². The Hall–Kier alpha value is -0.890. The van der Waals surface area contributed by atoms with Crippen molar-refractivity contribution < 1.29 is 17.6 Å².